The van der Waals surface area contributed by atoms with Crippen LogP contribution in [-0.2, 0) is 4.79 Å². The third-order valence-corrected chi connectivity index (χ3v) is 7.60. The van der Waals surface area contributed by atoms with E-state index < -0.39 is 5.66 Å². The molecule has 1 aliphatic carbocycles. The monoisotopic (exact) mass is 400 g/mol. The van der Waals surface area contributed by atoms with Crippen molar-refractivity contribution >= 4 is 5.91 Å². The maximum atomic E-state index is 12.9. The van der Waals surface area contributed by atoms with E-state index in [0.717, 1.165) is 39.3 Å². The number of hydrogen-bond acceptors (Lipinski definition) is 4. The van der Waals surface area contributed by atoms with Crippen molar-refractivity contribution in [2.24, 2.45) is 11.7 Å². The van der Waals surface area contributed by atoms with Gasteiger partial charge in [0.1, 0.15) is 5.66 Å². The molecule has 3 saturated heterocycles. The molecular formula is C24H40N4O. The zero-order chi connectivity index (χ0) is 20.3. The summed E-state index contributed by atoms with van der Waals surface area (Å²) in [6.45, 7) is 8.75. The lowest BCUT2D eigenvalue weighted by atomic mass is 9.78. The van der Waals surface area contributed by atoms with Crippen molar-refractivity contribution in [1.82, 2.24) is 14.7 Å². The average Bonchev–Trinajstić information content (AvgIpc) is 2.94. The van der Waals surface area contributed by atoms with Gasteiger partial charge >= 0.3 is 0 Å². The van der Waals surface area contributed by atoms with Crippen LogP contribution >= 0.6 is 0 Å². The number of allylic oxidation sites excluding steroid dienone is 2. The van der Waals surface area contributed by atoms with Crippen LogP contribution in [0.3, 0.4) is 0 Å². The van der Waals surface area contributed by atoms with Gasteiger partial charge in [-0.15, -0.1) is 0 Å². The first kappa shape index (κ1) is 20.9. The summed E-state index contributed by atoms with van der Waals surface area (Å²) in [5, 5.41) is 0. The number of amides is 1. The standard InChI is InChI=1S/C24H40N4O/c1-20-12-13-21(23(25)29)24(28-18-10-11-19-28,27-16-8-4-5-9-17-27)22(20)26-14-6-2-3-7-15-26/h12-13,21H,2-11,14-19H2,1H3,(H2,25,29). The van der Waals surface area contributed by atoms with E-state index in [1.165, 1.54) is 75.5 Å². The van der Waals surface area contributed by atoms with Crippen LogP contribution in [0.15, 0.2) is 23.4 Å². The Morgan fingerprint density at radius 3 is 1.76 bits per heavy atom. The Hall–Kier alpha value is -1.33. The maximum absolute atomic E-state index is 12.9. The largest absolute Gasteiger partial charge is 0.372 e. The van der Waals surface area contributed by atoms with Gasteiger partial charge < -0.3 is 10.6 Å². The van der Waals surface area contributed by atoms with Crippen molar-refractivity contribution in [2.75, 3.05) is 39.3 Å². The van der Waals surface area contributed by atoms with Gasteiger partial charge in [0.15, 0.2) is 0 Å². The number of primary amides is 1. The van der Waals surface area contributed by atoms with E-state index in [1.807, 2.05) is 0 Å². The fourth-order valence-electron chi connectivity index (χ4n) is 6.32. The van der Waals surface area contributed by atoms with E-state index in [4.69, 9.17) is 5.73 Å². The van der Waals surface area contributed by atoms with Gasteiger partial charge in [-0.25, -0.2) is 0 Å². The lowest BCUT2D eigenvalue weighted by Gasteiger charge is -2.57. The molecule has 0 spiro atoms. The minimum atomic E-state index is -0.393. The number of likely N-dealkylation sites (tertiary alicyclic amines) is 3. The molecule has 3 heterocycles. The topological polar surface area (TPSA) is 52.8 Å². The second-order valence-corrected chi connectivity index (χ2v) is 9.49. The van der Waals surface area contributed by atoms with Gasteiger partial charge in [-0.1, -0.05) is 37.8 Å². The number of nitrogens with zero attached hydrogens (tertiary/aromatic N) is 3. The van der Waals surface area contributed by atoms with Gasteiger partial charge in [-0.05, 0) is 51.0 Å². The molecule has 4 aliphatic rings. The van der Waals surface area contributed by atoms with E-state index in [9.17, 15) is 4.79 Å². The molecule has 3 aliphatic heterocycles. The van der Waals surface area contributed by atoms with Crippen molar-refractivity contribution < 1.29 is 4.79 Å². The lowest BCUT2D eigenvalue weighted by molar-refractivity contribution is -0.133. The van der Waals surface area contributed by atoms with E-state index in [1.54, 1.807) is 0 Å². The zero-order valence-corrected chi connectivity index (χ0v) is 18.4. The highest BCUT2D eigenvalue weighted by atomic mass is 16.1. The van der Waals surface area contributed by atoms with Gasteiger partial charge in [0.2, 0.25) is 5.91 Å². The summed E-state index contributed by atoms with van der Waals surface area (Å²) >= 11 is 0. The molecule has 162 valence electrons. The van der Waals surface area contributed by atoms with Gasteiger partial charge in [-0.2, -0.15) is 0 Å². The van der Waals surface area contributed by atoms with Crippen LogP contribution in [0.2, 0.25) is 0 Å². The van der Waals surface area contributed by atoms with Crippen LogP contribution < -0.4 is 5.73 Å². The van der Waals surface area contributed by atoms with Crippen molar-refractivity contribution in [1.29, 1.82) is 0 Å². The highest BCUT2D eigenvalue weighted by Crippen LogP contribution is 2.46. The number of hydrogen-bond donors (Lipinski definition) is 1. The fraction of sp³-hybridized carbons (Fsp3) is 0.792. The first-order valence-electron chi connectivity index (χ1n) is 12.1. The summed E-state index contributed by atoms with van der Waals surface area (Å²) in [6, 6.07) is 0. The predicted molar refractivity (Wildman–Crippen MR) is 118 cm³/mol. The van der Waals surface area contributed by atoms with Crippen LogP contribution in [0, 0.1) is 5.92 Å². The van der Waals surface area contributed by atoms with Crippen molar-refractivity contribution in [2.45, 2.75) is 76.8 Å². The lowest BCUT2D eigenvalue weighted by Crippen LogP contribution is -2.70. The van der Waals surface area contributed by atoms with Crippen molar-refractivity contribution in [3.63, 3.8) is 0 Å². The normalized spacial score (nSPS) is 33.0. The van der Waals surface area contributed by atoms with Crippen molar-refractivity contribution in [3.8, 4) is 0 Å². The molecule has 0 saturated carbocycles. The molecule has 0 radical (unpaired) electrons. The molecule has 0 aromatic heterocycles. The summed E-state index contributed by atoms with van der Waals surface area (Å²) in [4.78, 5) is 20.9. The summed E-state index contributed by atoms with van der Waals surface area (Å²) in [7, 11) is 0. The Labute approximate surface area is 177 Å². The number of carbonyl (C=O) groups excluding carboxylic acids is 1. The molecule has 0 aromatic carbocycles. The Morgan fingerprint density at radius 2 is 1.28 bits per heavy atom. The van der Waals surface area contributed by atoms with Crippen LogP contribution in [0.1, 0.15) is 71.1 Å². The molecule has 29 heavy (non-hydrogen) atoms. The molecule has 5 nitrogen and oxygen atoms in total. The molecular weight excluding hydrogens is 360 g/mol. The minimum Gasteiger partial charge on any atom is -0.372 e. The molecule has 1 amide bonds. The first-order valence-corrected chi connectivity index (χ1v) is 12.1. The van der Waals surface area contributed by atoms with E-state index >= 15 is 0 Å². The van der Waals surface area contributed by atoms with E-state index in [2.05, 4.69) is 33.8 Å². The molecule has 3 fully saturated rings. The third kappa shape index (κ3) is 3.88. The summed E-state index contributed by atoms with van der Waals surface area (Å²) < 4.78 is 0. The summed E-state index contributed by atoms with van der Waals surface area (Å²) in [5.41, 5.74) is 8.48. The Balaban J connectivity index is 1.86. The van der Waals surface area contributed by atoms with Gasteiger partial charge in [0.25, 0.3) is 0 Å². The van der Waals surface area contributed by atoms with Gasteiger partial charge in [-0.3, -0.25) is 14.6 Å². The molecule has 0 aromatic rings. The summed E-state index contributed by atoms with van der Waals surface area (Å²) in [6.07, 6.45) is 16.9. The second-order valence-electron chi connectivity index (χ2n) is 9.49. The molecule has 0 bridgehead atoms. The Bertz CT molecular complexity index is 635. The quantitative estimate of drug-likeness (QED) is 0.785. The third-order valence-electron chi connectivity index (χ3n) is 7.60. The molecule has 4 rings (SSSR count). The number of carbonyl (C=O) groups is 1. The van der Waals surface area contributed by atoms with E-state index in [0.29, 0.717) is 0 Å². The smallest absolute Gasteiger partial charge is 0.228 e. The summed E-state index contributed by atoms with van der Waals surface area (Å²) in [5.74, 6) is -0.446. The molecule has 5 heteroatoms. The average molecular weight is 401 g/mol. The van der Waals surface area contributed by atoms with Crippen LogP contribution in [-0.4, -0.2) is 65.5 Å². The SMILES string of the molecule is CC1=C(N2CCCCCC2)C(N2CCCCCC2)(N2CCCC2)C(C(N)=O)C=C1. The van der Waals surface area contributed by atoms with Crippen LogP contribution in [0.25, 0.3) is 0 Å². The highest BCUT2D eigenvalue weighted by molar-refractivity contribution is 5.82. The van der Waals surface area contributed by atoms with Crippen LogP contribution in [0.4, 0.5) is 0 Å². The van der Waals surface area contributed by atoms with Crippen molar-refractivity contribution in [3.05, 3.63) is 23.4 Å². The number of nitrogens with two attached hydrogens (primary N) is 1. The number of rotatable bonds is 4. The van der Waals surface area contributed by atoms with Gasteiger partial charge in [0, 0.05) is 39.3 Å². The molecule has 2 N–H and O–H groups in total. The van der Waals surface area contributed by atoms with Gasteiger partial charge in [0.05, 0.1) is 11.6 Å². The first-order chi connectivity index (χ1) is 14.2. The molecule has 2 unspecified atom stereocenters. The maximum Gasteiger partial charge on any atom is 0.228 e. The fourth-order valence-corrected chi connectivity index (χ4v) is 6.32. The second kappa shape index (κ2) is 9.22. The Kier molecular flexibility index (Phi) is 6.65. The predicted octanol–water partition coefficient (Wildman–Crippen LogP) is 3.48. The van der Waals surface area contributed by atoms with Crippen LogP contribution in [0.5, 0.6) is 0 Å². The highest BCUT2D eigenvalue weighted by Gasteiger charge is 2.56. The molecule has 2 atom stereocenters. The zero-order valence-electron chi connectivity index (χ0n) is 18.4. The minimum absolute atomic E-state index is 0.169. The van der Waals surface area contributed by atoms with E-state index in [-0.39, 0.29) is 11.8 Å². The Morgan fingerprint density at radius 1 is 0.828 bits per heavy atom.